The van der Waals surface area contributed by atoms with Gasteiger partial charge in [0.25, 0.3) is 0 Å². The van der Waals surface area contributed by atoms with Crippen LogP contribution in [0.25, 0.3) is 0 Å². The highest BCUT2D eigenvalue weighted by Crippen LogP contribution is 2.19. The highest BCUT2D eigenvalue weighted by molar-refractivity contribution is 5.92. The Bertz CT molecular complexity index is 578. The number of carbonyl (C=O) groups excluding carboxylic acids is 3. The van der Waals surface area contributed by atoms with Crippen molar-refractivity contribution in [2.24, 2.45) is 11.8 Å². The maximum atomic E-state index is 12.6. The number of hydrogen-bond donors (Lipinski definition) is 2. The number of benzene rings is 1. The molecule has 2 N–H and O–H groups in total. The minimum Gasteiger partial charge on any atom is -0.508 e. The van der Waals surface area contributed by atoms with Crippen LogP contribution in [0.15, 0.2) is 24.3 Å². The van der Waals surface area contributed by atoms with E-state index in [0.29, 0.717) is 18.8 Å². The van der Waals surface area contributed by atoms with Gasteiger partial charge in [0, 0.05) is 19.3 Å². The van der Waals surface area contributed by atoms with Gasteiger partial charge in [-0.2, -0.15) is 0 Å². The molecule has 0 radical (unpaired) electrons. The van der Waals surface area contributed by atoms with E-state index in [9.17, 15) is 19.5 Å². The summed E-state index contributed by atoms with van der Waals surface area (Å²) in [5.41, 5.74) is 0.836. The fraction of sp³-hybridized carbons (Fsp3) is 0.526. The SMILES string of the molecule is CC(=O)N[C@@H](Cc1ccc(O)cc1)C(=O)C[C@H](CC(C)C)C(C)=O. The molecule has 5 heteroatoms. The zero-order valence-corrected chi connectivity index (χ0v) is 14.8. The second-order valence-electron chi connectivity index (χ2n) is 6.73. The van der Waals surface area contributed by atoms with Gasteiger partial charge in [0.15, 0.2) is 5.78 Å². The number of amides is 1. The van der Waals surface area contributed by atoms with Crippen molar-refractivity contribution in [3.8, 4) is 5.75 Å². The van der Waals surface area contributed by atoms with Crippen LogP contribution >= 0.6 is 0 Å². The fourth-order valence-corrected chi connectivity index (χ4v) is 2.71. The molecule has 0 bridgehead atoms. The molecule has 0 saturated carbocycles. The monoisotopic (exact) mass is 333 g/mol. The average Bonchev–Trinajstić information content (AvgIpc) is 2.47. The number of phenolic OH excluding ortho intramolecular Hbond substituents is 1. The topological polar surface area (TPSA) is 83.5 Å². The Labute approximate surface area is 143 Å². The molecular weight excluding hydrogens is 306 g/mol. The maximum absolute atomic E-state index is 12.6. The molecular formula is C19H27NO4. The molecule has 1 amide bonds. The summed E-state index contributed by atoms with van der Waals surface area (Å²) in [6.45, 7) is 6.91. The molecule has 0 fully saturated rings. The predicted molar refractivity (Wildman–Crippen MR) is 92.7 cm³/mol. The minimum atomic E-state index is -0.666. The van der Waals surface area contributed by atoms with Gasteiger partial charge in [0.2, 0.25) is 5.91 Å². The van der Waals surface area contributed by atoms with E-state index in [-0.39, 0.29) is 35.6 Å². The second kappa shape index (κ2) is 9.21. The quantitative estimate of drug-likeness (QED) is 0.728. The lowest BCUT2D eigenvalue weighted by Crippen LogP contribution is -2.42. The summed E-state index contributed by atoms with van der Waals surface area (Å²) in [4.78, 5) is 35.8. The van der Waals surface area contributed by atoms with Crippen LogP contribution in [0.2, 0.25) is 0 Å². The molecule has 1 aromatic rings. The van der Waals surface area contributed by atoms with Gasteiger partial charge in [-0.15, -0.1) is 0 Å². The van der Waals surface area contributed by atoms with Crippen molar-refractivity contribution in [3.05, 3.63) is 29.8 Å². The fourth-order valence-electron chi connectivity index (χ4n) is 2.71. The van der Waals surface area contributed by atoms with Gasteiger partial charge in [0.1, 0.15) is 11.5 Å². The molecule has 5 nitrogen and oxygen atoms in total. The number of phenols is 1. The van der Waals surface area contributed by atoms with Crippen molar-refractivity contribution >= 4 is 17.5 Å². The standard InChI is InChI=1S/C19H27NO4/c1-12(2)9-16(13(3)21)11-19(24)18(20-14(4)22)10-15-5-7-17(23)8-6-15/h5-8,12,16,18,23H,9-11H2,1-4H3,(H,20,22)/t16-,18-/m0/s1. The summed E-state index contributed by atoms with van der Waals surface area (Å²) in [5, 5.41) is 12.0. The second-order valence-corrected chi connectivity index (χ2v) is 6.73. The zero-order valence-electron chi connectivity index (χ0n) is 14.8. The number of carbonyl (C=O) groups is 3. The first-order valence-corrected chi connectivity index (χ1v) is 8.27. The lowest BCUT2D eigenvalue weighted by atomic mass is 9.87. The van der Waals surface area contributed by atoms with Gasteiger partial charge >= 0.3 is 0 Å². The Balaban J connectivity index is 2.85. The highest BCUT2D eigenvalue weighted by Gasteiger charge is 2.26. The van der Waals surface area contributed by atoms with Crippen molar-refractivity contribution in [1.29, 1.82) is 0 Å². The van der Waals surface area contributed by atoms with Gasteiger partial charge in [-0.25, -0.2) is 0 Å². The molecule has 0 aliphatic rings. The van der Waals surface area contributed by atoms with Crippen LogP contribution in [0, 0.1) is 11.8 Å². The first-order valence-electron chi connectivity index (χ1n) is 8.27. The molecule has 2 atom stereocenters. The number of ketones is 2. The van der Waals surface area contributed by atoms with Gasteiger partial charge in [-0.1, -0.05) is 26.0 Å². The zero-order chi connectivity index (χ0) is 18.3. The van der Waals surface area contributed by atoms with Crippen LogP contribution in [0.3, 0.4) is 0 Å². The smallest absolute Gasteiger partial charge is 0.217 e. The molecule has 1 aromatic carbocycles. The minimum absolute atomic E-state index is 0.00302. The van der Waals surface area contributed by atoms with E-state index in [1.807, 2.05) is 13.8 Å². The summed E-state index contributed by atoms with van der Waals surface area (Å²) in [6.07, 6.45) is 1.13. The van der Waals surface area contributed by atoms with Gasteiger partial charge in [0.05, 0.1) is 6.04 Å². The largest absolute Gasteiger partial charge is 0.508 e. The van der Waals surface area contributed by atoms with Crippen LogP contribution in [0.4, 0.5) is 0 Å². The molecule has 1 rings (SSSR count). The van der Waals surface area contributed by atoms with Crippen LogP contribution < -0.4 is 5.32 Å². The highest BCUT2D eigenvalue weighted by atomic mass is 16.3. The van der Waals surface area contributed by atoms with E-state index in [0.717, 1.165) is 5.56 Å². The van der Waals surface area contributed by atoms with Crippen molar-refractivity contribution in [2.45, 2.75) is 53.0 Å². The maximum Gasteiger partial charge on any atom is 0.217 e. The van der Waals surface area contributed by atoms with Crippen molar-refractivity contribution in [1.82, 2.24) is 5.32 Å². The van der Waals surface area contributed by atoms with Crippen LogP contribution in [-0.4, -0.2) is 28.6 Å². The van der Waals surface area contributed by atoms with Gasteiger partial charge < -0.3 is 10.4 Å². The Morgan fingerprint density at radius 1 is 1.08 bits per heavy atom. The van der Waals surface area contributed by atoms with Crippen LogP contribution in [0.1, 0.15) is 46.1 Å². The number of nitrogens with one attached hydrogen (secondary N) is 1. The molecule has 0 unspecified atom stereocenters. The molecule has 0 heterocycles. The molecule has 0 aliphatic carbocycles. The average molecular weight is 333 g/mol. The number of Topliss-reactive ketones (excluding diaryl/α,β-unsaturated/α-hetero) is 2. The predicted octanol–water partition coefficient (Wildman–Crippen LogP) is 2.65. The van der Waals surface area contributed by atoms with E-state index in [1.165, 1.54) is 13.8 Å². The third-order valence-corrected chi connectivity index (χ3v) is 3.92. The Kier molecular flexibility index (Phi) is 7.62. The lowest BCUT2D eigenvalue weighted by Gasteiger charge is -2.21. The summed E-state index contributed by atoms with van der Waals surface area (Å²) >= 11 is 0. The van der Waals surface area contributed by atoms with Crippen LogP contribution in [0.5, 0.6) is 5.75 Å². The molecule has 0 spiro atoms. The van der Waals surface area contributed by atoms with E-state index < -0.39 is 6.04 Å². The lowest BCUT2D eigenvalue weighted by molar-refractivity contribution is -0.130. The third kappa shape index (κ3) is 6.94. The number of hydrogen-bond acceptors (Lipinski definition) is 4. The molecule has 0 aromatic heterocycles. The van der Waals surface area contributed by atoms with Crippen molar-refractivity contribution in [2.75, 3.05) is 0 Å². The van der Waals surface area contributed by atoms with E-state index in [1.54, 1.807) is 24.3 Å². The summed E-state index contributed by atoms with van der Waals surface area (Å²) < 4.78 is 0. The normalized spacial score (nSPS) is 13.4. The van der Waals surface area contributed by atoms with E-state index in [4.69, 9.17) is 0 Å². The first-order chi connectivity index (χ1) is 11.2. The Hall–Kier alpha value is -2.17. The number of aromatic hydroxyl groups is 1. The number of rotatable bonds is 9. The summed E-state index contributed by atoms with van der Waals surface area (Å²) in [5.74, 6) is -0.260. The van der Waals surface area contributed by atoms with Crippen LogP contribution in [-0.2, 0) is 20.8 Å². The van der Waals surface area contributed by atoms with Crippen molar-refractivity contribution < 1.29 is 19.5 Å². The van der Waals surface area contributed by atoms with Gasteiger partial charge in [-0.3, -0.25) is 14.4 Å². The Morgan fingerprint density at radius 3 is 2.12 bits per heavy atom. The van der Waals surface area contributed by atoms with Crippen molar-refractivity contribution in [3.63, 3.8) is 0 Å². The van der Waals surface area contributed by atoms with E-state index in [2.05, 4.69) is 5.32 Å². The molecule has 0 aliphatic heterocycles. The molecule has 0 saturated heterocycles. The molecule has 24 heavy (non-hydrogen) atoms. The van der Waals surface area contributed by atoms with Gasteiger partial charge in [-0.05, 0) is 43.4 Å². The summed E-state index contributed by atoms with van der Waals surface area (Å²) in [7, 11) is 0. The first kappa shape index (κ1) is 19.9. The summed E-state index contributed by atoms with van der Waals surface area (Å²) in [6, 6.07) is 5.85. The Morgan fingerprint density at radius 2 is 1.67 bits per heavy atom. The molecule has 132 valence electrons. The van der Waals surface area contributed by atoms with E-state index >= 15 is 0 Å². The third-order valence-electron chi connectivity index (χ3n) is 3.92.